The Morgan fingerprint density at radius 2 is 1.08 bits per heavy atom. The SMILES string of the molecule is CC(C)(C)c1cc(-c2ccccc2)ccc1N(c1ccc(-c2ccc3c(c2)sc2ccccc23)cc1)c1ccc2c(c1)C(C)(C)c1ccccc1-2. The number of fused-ring (bicyclic) bond motifs is 6. The Hall–Kier alpha value is -5.44. The molecule has 0 fully saturated rings. The van der Waals surface area contributed by atoms with Gasteiger partial charge in [0.25, 0.3) is 0 Å². The zero-order chi connectivity index (χ0) is 34.9. The van der Waals surface area contributed by atoms with E-state index < -0.39 is 0 Å². The molecular weight excluding hydrogens is 635 g/mol. The van der Waals surface area contributed by atoms with Crippen molar-refractivity contribution in [3.05, 3.63) is 174 Å². The molecule has 0 radical (unpaired) electrons. The van der Waals surface area contributed by atoms with E-state index >= 15 is 0 Å². The van der Waals surface area contributed by atoms with Crippen LogP contribution in [0, 0.1) is 0 Å². The normalized spacial score (nSPS) is 13.4. The van der Waals surface area contributed by atoms with Crippen molar-refractivity contribution in [1.29, 1.82) is 0 Å². The highest BCUT2D eigenvalue weighted by Crippen LogP contribution is 2.51. The van der Waals surface area contributed by atoms with Gasteiger partial charge in [0.15, 0.2) is 0 Å². The number of nitrogens with zero attached hydrogens (tertiary/aromatic N) is 1. The Labute approximate surface area is 305 Å². The van der Waals surface area contributed by atoms with Gasteiger partial charge in [-0.1, -0.05) is 144 Å². The number of rotatable bonds is 5. The average Bonchev–Trinajstić information content (AvgIpc) is 3.63. The van der Waals surface area contributed by atoms with Crippen molar-refractivity contribution in [3.63, 3.8) is 0 Å². The van der Waals surface area contributed by atoms with Gasteiger partial charge < -0.3 is 4.90 Å². The molecule has 1 nitrogen and oxygen atoms in total. The van der Waals surface area contributed by atoms with Crippen molar-refractivity contribution in [2.75, 3.05) is 4.90 Å². The van der Waals surface area contributed by atoms with Gasteiger partial charge in [-0.2, -0.15) is 0 Å². The van der Waals surface area contributed by atoms with Gasteiger partial charge >= 0.3 is 0 Å². The van der Waals surface area contributed by atoms with Crippen molar-refractivity contribution in [1.82, 2.24) is 0 Å². The van der Waals surface area contributed by atoms with Crippen molar-refractivity contribution in [3.8, 4) is 33.4 Å². The molecule has 0 amide bonds. The fourth-order valence-electron chi connectivity index (χ4n) is 8.11. The third-order valence-electron chi connectivity index (χ3n) is 10.8. The summed E-state index contributed by atoms with van der Waals surface area (Å²) in [5.41, 5.74) is 15.0. The second kappa shape index (κ2) is 11.8. The van der Waals surface area contributed by atoms with E-state index in [1.54, 1.807) is 0 Å². The smallest absolute Gasteiger partial charge is 0.0499 e. The lowest BCUT2D eigenvalue weighted by Crippen LogP contribution is -2.20. The number of hydrogen-bond donors (Lipinski definition) is 0. The molecule has 0 aliphatic heterocycles. The van der Waals surface area contributed by atoms with Crippen LogP contribution in [-0.2, 0) is 10.8 Å². The Morgan fingerprint density at radius 3 is 1.88 bits per heavy atom. The largest absolute Gasteiger partial charge is 0.310 e. The minimum Gasteiger partial charge on any atom is -0.310 e. The summed E-state index contributed by atoms with van der Waals surface area (Å²) in [5, 5.41) is 2.67. The maximum Gasteiger partial charge on any atom is 0.0499 e. The van der Waals surface area contributed by atoms with Crippen molar-refractivity contribution < 1.29 is 0 Å². The first kappa shape index (κ1) is 31.5. The quantitative estimate of drug-likeness (QED) is 0.175. The van der Waals surface area contributed by atoms with Crippen LogP contribution in [0.15, 0.2) is 158 Å². The lowest BCUT2D eigenvalue weighted by Gasteiger charge is -2.33. The van der Waals surface area contributed by atoms with E-state index in [0.29, 0.717) is 0 Å². The standard InChI is InChI=1S/C49H41NS/c1-48(2,3)44-29-34(32-13-7-6-8-14-32)22-28-45(44)50(37-25-27-39-38-15-9-11-17-42(38)49(4,5)43(39)31-37)36-23-19-33(20-24-36)35-21-26-41-40-16-10-12-18-46(40)51-47(41)30-35/h6-31H,1-5H3. The summed E-state index contributed by atoms with van der Waals surface area (Å²) in [6.07, 6.45) is 0. The van der Waals surface area contributed by atoms with Crippen LogP contribution in [0.25, 0.3) is 53.6 Å². The Balaban J connectivity index is 1.20. The Bertz CT molecular complexity index is 2580. The molecule has 0 unspecified atom stereocenters. The third-order valence-corrected chi connectivity index (χ3v) is 11.9. The first-order valence-corrected chi connectivity index (χ1v) is 18.7. The maximum atomic E-state index is 2.48. The zero-order valence-corrected chi connectivity index (χ0v) is 30.7. The van der Waals surface area contributed by atoms with Crippen LogP contribution in [0.4, 0.5) is 17.1 Å². The molecule has 1 heterocycles. The molecule has 0 bridgehead atoms. The molecule has 9 rings (SSSR count). The van der Waals surface area contributed by atoms with E-state index in [0.717, 1.165) is 5.69 Å². The molecule has 1 aliphatic rings. The van der Waals surface area contributed by atoms with Gasteiger partial charge in [-0.15, -0.1) is 11.3 Å². The monoisotopic (exact) mass is 675 g/mol. The van der Waals surface area contributed by atoms with E-state index in [1.807, 2.05) is 11.3 Å². The van der Waals surface area contributed by atoms with Crippen LogP contribution < -0.4 is 4.90 Å². The minimum atomic E-state index is -0.0930. The minimum absolute atomic E-state index is 0.0905. The highest BCUT2D eigenvalue weighted by molar-refractivity contribution is 7.25. The van der Waals surface area contributed by atoms with Crippen LogP contribution in [0.5, 0.6) is 0 Å². The molecule has 0 saturated heterocycles. The molecular formula is C49H41NS. The van der Waals surface area contributed by atoms with Crippen molar-refractivity contribution in [2.45, 2.75) is 45.4 Å². The Morgan fingerprint density at radius 1 is 0.471 bits per heavy atom. The van der Waals surface area contributed by atoms with E-state index in [4.69, 9.17) is 0 Å². The lowest BCUT2D eigenvalue weighted by molar-refractivity contribution is 0.591. The van der Waals surface area contributed by atoms with Crippen molar-refractivity contribution >= 4 is 48.6 Å². The highest BCUT2D eigenvalue weighted by atomic mass is 32.1. The van der Waals surface area contributed by atoms with Crippen LogP contribution in [0.1, 0.15) is 51.3 Å². The van der Waals surface area contributed by atoms with Crippen molar-refractivity contribution in [2.24, 2.45) is 0 Å². The summed E-state index contributed by atoms with van der Waals surface area (Å²) in [6, 6.07) is 58.6. The predicted molar refractivity (Wildman–Crippen MR) is 221 cm³/mol. The molecule has 8 aromatic rings. The second-order valence-electron chi connectivity index (χ2n) is 15.4. The molecule has 1 aliphatic carbocycles. The molecule has 0 atom stereocenters. The first-order chi connectivity index (χ1) is 24.7. The van der Waals surface area contributed by atoms with Crippen LogP contribution >= 0.6 is 11.3 Å². The molecule has 51 heavy (non-hydrogen) atoms. The number of hydrogen-bond acceptors (Lipinski definition) is 2. The summed E-state index contributed by atoms with van der Waals surface area (Å²) < 4.78 is 2.67. The Kier molecular flexibility index (Phi) is 7.31. The summed E-state index contributed by atoms with van der Waals surface area (Å²) in [4.78, 5) is 2.48. The van der Waals surface area contributed by atoms with Gasteiger partial charge in [-0.25, -0.2) is 0 Å². The summed E-state index contributed by atoms with van der Waals surface area (Å²) in [6.45, 7) is 11.7. The van der Waals surface area contributed by atoms with Gasteiger partial charge in [0.1, 0.15) is 0 Å². The molecule has 7 aromatic carbocycles. The predicted octanol–water partition coefficient (Wildman–Crippen LogP) is 14.5. The van der Waals surface area contributed by atoms with E-state index in [-0.39, 0.29) is 10.8 Å². The molecule has 248 valence electrons. The van der Waals surface area contributed by atoms with Gasteiger partial charge in [-0.05, 0) is 104 Å². The summed E-state index contributed by atoms with van der Waals surface area (Å²) in [5.74, 6) is 0. The lowest BCUT2D eigenvalue weighted by atomic mass is 9.82. The summed E-state index contributed by atoms with van der Waals surface area (Å²) >= 11 is 1.87. The number of benzene rings is 7. The van der Waals surface area contributed by atoms with E-state index in [2.05, 4.69) is 197 Å². The molecule has 0 saturated carbocycles. The van der Waals surface area contributed by atoms with Gasteiger partial charge in [0.2, 0.25) is 0 Å². The number of thiophene rings is 1. The molecule has 0 spiro atoms. The van der Waals surface area contributed by atoms with Gasteiger partial charge in [0, 0.05) is 42.6 Å². The van der Waals surface area contributed by atoms with Gasteiger partial charge in [0.05, 0.1) is 0 Å². The van der Waals surface area contributed by atoms with E-state index in [9.17, 15) is 0 Å². The van der Waals surface area contributed by atoms with Crippen LogP contribution in [0.3, 0.4) is 0 Å². The number of anilines is 3. The fourth-order valence-corrected chi connectivity index (χ4v) is 9.25. The zero-order valence-electron chi connectivity index (χ0n) is 29.9. The first-order valence-electron chi connectivity index (χ1n) is 17.9. The average molecular weight is 676 g/mol. The van der Waals surface area contributed by atoms with E-state index in [1.165, 1.54) is 81.6 Å². The van der Waals surface area contributed by atoms with Crippen LogP contribution in [-0.4, -0.2) is 0 Å². The van der Waals surface area contributed by atoms with Crippen LogP contribution in [0.2, 0.25) is 0 Å². The second-order valence-corrected chi connectivity index (χ2v) is 16.5. The summed E-state index contributed by atoms with van der Waals surface area (Å²) in [7, 11) is 0. The highest BCUT2D eigenvalue weighted by Gasteiger charge is 2.36. The van der Waals surface area contributed by atoms with Gasteiger partial charge in [-0.3, -0.25) is 0 Å². The molecule has 1 aromatic heterocycles. The maximum absolute atomic E-state index is 2.48. The topological polar surface area (TPSA) is 3.24 Å². The third kappa shape index (κ3) is 5.29. The molecule has 0 N–H and O–H groups in total. The fraction of sp³-hybridized carbons (Fsp3) is 0.143. The molecule has 2 heteroatoms.